The van der Waals surface area contributed by atoms with Gasteiger partial charge in [-0.3, -0.25) is 0 Å². The van der Waals surface area contributed by atoms with Crippen LogP contribution in [0.15, 0.2) is 22.8 Å². The van der Waals surface area contributed by atoms with Crippen LogP contribution in [0.1, 0.15) is 17.5 Å². The van der Waals surface area contributed by atoms with Crippen LogP contribution in [0.25, 0.3) is 0 Å². The fourth-order valence-corrected chi connectivity index (χ4v) is 0.400. The smallest absolute Gasteiger partial charge is 0.371 e. The van der Waals surface area contributed by atoms with Gasteiger partial charge in [0.1, 0.15) is 0 Å². The van der Waals surface area contributed by atoms with Gasteiger partial charge in [0.2, 0.25) is 5.76 Å². The Hall–Kier alpha value is -1.29. The minimum absolute atomic E-state index is 0.0231. The fraction of sp³-hybridized carbons (Fsp3) is 0.286. The molecule has 0 amide bonds. The van der Waals surface area contributed by atoms with Crippen molar-refractivity contribution < 1.29 is 19.4 Å². The molecule has 1 heterocycles. The van der Waals surface area contributed by atoms with Crippen molar-refractivity contribution in [1.82, 2.24) is 0 Å². The van der Waals surface area contributed by atoms with Gasteiger partial charge in [0, 0.05) is 6.61 Å². The van der Waals surface area contributed by atoms with Gasteiger partial charge in [-0.1, -0.05) is 0 Å². The summed E-state index contributed by atoms with van der Waals surface area (Å²) in [4.78, 5) is 9.97. The first-order valence-corrected chi connectivity index (χ1v) is 3.10. The number of hydrogen-bond donors (Lipinski definition) is 2. The first kappa shape index (κ1) is 9.71. The summed E-state index contributed by atoms with van der Waals surface area (Å²) in [5.74, 6) is -1.06. The topological polar surface area (TPSA) is 70.7 Å². The van der Waals surface area contributed by atoms with E-state index in [1.165, 1.54) is 18.4 Å². The van der Waals surface area contributed by atoms with E-state index in [9.17, 15) is 4.79 Å². The molecule has 0 radical (unpaired) electrons. The highest BCUT2D eigenvalue weighted by Gasteiger charge is 2.01. The minimum atomic E-state index is -1.03. The van der Waals surface area contributed by atoms with Crippen LogP contribution >= 0.6 is 0 Å². The summed E-state index contributed by atoms with van der Waals surface area (Å²) in [5, 5.41) is 15.7. The van der Waals surface area contributed by atoms with Gasteiger partial charge < -0.3 is 14.6 Å². The monoisotopic (exact) mass is 158 g/mol. The van der Waals surface area contributed by atoms with Gasteiger partial charge in [0.25, 0.3) is 0 Å². The van der Waals surface area contributed by atoms with E-state index in [1.54, 1.807) is 6.92 Å². The third-order valence-corrected chi connectivity index (χ3v) is 0.732. The second-order valence-electron chi connectivity index (χ2n) is 1.60. The van der Waals surface area contributed by atoms with Crippen molar-refractivity contribution in [3.8, 4) is 0 Å². The Balaban J connectivity index is 0.000000292. The lowest BCUT2D eigenvalue weighted by Gasteiger charge is -1.79. The lowest BCUT2D eigenvalue weighted by atomic mass is 10.5. The molecule has 62 valence electrons. The Morgan fingerprint density at radius 2 is 2.27 bits per heavy atom. The zero-order chi connectivity index (χ0) is 8.69. The number of aliphatic hydroxyl groups excluding tert-OH is 1. The Labute approximate surface area is 64.1 Å². The van der Waals surface area contributed by atoms with E-state index in [-0.39, 0.29) is 12.4 Å². The van der Waals surface area contributed by atoms with E-state index in [1.807, 2.05) is 0 Å². The number of hydrogen-bond acceptors (Lipinski definition) is 3. The normalized spacial score (nSPS) is 8.18. The van der Waals surface area contributed by atoms with Crippen molar-refractivity contribution in [3.63, 3.8) is 0 Å². The largest absolute Gasteiger partial charge is 0.475 e. The minimum Gasteiger partial charge on any atom is -0.475 e. The lowest BCUT2D eigenvalue weighted by molar-refractivity contribution is 0.0662. The highest BCUT2D eigenvalue weighted by atomic mass is 16.4. The molecular formula is C7H10O4. The Morgan fingerprint density at radius 3 is 2.45 bits per heavy atom. The number of carboxylic acid groups (broad SMARTS) is 1. The molecule has 2 N–H and O–H groups in total. The molecule has 0 unspecified atom stereocenters. The van der Waals surface area contributed by atoms with Crippen LogP contribution in [-0.4, -0.2) is 22.8 Å². The van der Waals surface area contributed by atoms with Crippen molar-refractivity contribution in [2.45, 2.75) is 6.92 Å². The zero-order valence-electron chi connectivity index (χ0n) is 6.15. The van der Waals surface area contributed by atoms with Gasteiger partial charge in [-0.2, -0.15) is 0 Å². The molecule has 4 heteroatoms. The highest BCUT2D eigenvalue weighted by Crippen LogP contribution is 1.97. The van der Waals surface area contributed by atoms with Gasteiger partial charge in [0.15, 0.2) is 0 Å². The van der Waals surface area contributed by atoms with Crippen molar-refractivity contribution in [2.75, 3.05) is 6.61 Å². The first-order valence-electron chi connectivity index (χ1n) is 3.10. The lowest BCUT2D eigenvalue weighted by Crippen LogP contribution is -1.90. The van der Waals surface area contributed by atoms with E-state index >= 15 is 0 Å². The second-order valence-corrected chi connectivity index (χ2v) is 1.60. The van der Waals surface area contributed by atoms with Crippen LogP contribution in [0.4, 0.5) is 0 Å². The second kappa shape index (κ2) is 5.49. The van der Waals surface area contributed by atoms with Gasteiger partial charge in [0.05, 0.1) is 6.26 Å². The van der Waals surface area contributed by atoms with Crippen LogP contribution in [0.5, 0.6) is 0 Å². The van der Waals surface area contributed by atoms with Gasteiger partial charge in [-0.15, -0.1) is 0 Å². The maximum Gasteiger partial charge on any atom is 0.371 e. The summed E-state index contributed by atoms with van der Waals surface area (Å²) in [6.45, 7) is 1.93. The molecule has 0 atom stereocenters. The van der Waals surface area contributed by atoms with Crippen molar-refractivity contribution in [1.29, 1.82) is 0 Å². The Morgan fingerprint density at radius 1 is 1.73 bits per heavy atom. The molecule has 0 saturated carbocycles. The molecule has 1 rings (SSSR count). The highest BCUT2D eigenvalue weighted by molar-refractivity contribution is 5.84. The van der Waals surface area contributed by atoms with Crippen LogP contribution in [0, 0.1) is 0 Å². The maximum absolute atomic E-state index is 9.97. The van der Waals surface area contributed by atoms with E-state index in [2.05, 4.69) is 4.42 Å². The Kier molecular flexibility index (Phi) is 4.85. The summed E-state index contributed by atoms with van der Waals surface area (Å²) < 4.78 is 4.50. The average molecular weight is 158 g/mol. The SMILES string of the molecule is CCO.O=C(O)c1ccco1. The van der Waals surface area contributed by atoms with Crippen LogP contribution in [0.2, 0.25) is 0 Å². The maximum atomic E-state index is 9.97. The molecule has 0 bridgehead atoms. The van der Waals surface area contributed by atoms with E-state index < -0.39 is 5.97 Å². The molecule has 0 fully saturated rings. The van der Waals surface area contributed by atoms with Gasteiger partial charge in [-0.25, -0.2) is 4.79 Å². The molecule has 0 aromatic carbocycles. The molecule has 0 aliphatic heterocycles. The predicted octanol–water partition coefficient (Wildman–Crippen LogP) is 0.976. The molecule has 0 aliphatic rings. The number of carboxylic acids is 1. The van der Waals surface area contributed by atoms with Crippen LogP contribution in [0.3, 0.4) is 0 Å². The Bertz CT molecular complexity index is 190. The molecule has 1 aromatic rings. The quantitative estimate of drug-likeness (QED) is 0.639. The summed E-state index contributed by atoms with van der Waals surface area (Å²) in [6.07, 6.45) is 1.32. The number of rotatable bonds is 1. The molecular weight excluding hydrogens is 148 g/mol. The number of aliphatic hydroxyl groups is 1. The first-order chi connectivity index (χ1) is 5.22. The number of carbonyl (C=O) groups is 1. The molecule has 0 saturated heterocycles. The van der Waals surface area contributed by atoms with Crippen molar-refractivity contribution in [3.05, 3.63) is 24.2 Å². The number of aromatic carboxylic acids is 1. The predicted molar refractivity (Wildman–Crippen MR) is 38.4 cm³/mol. The summed E-state index contributed by atoms with van der Waals surface area (Å²) in [5.41, 5.74) is 0. The molecule has 11 heavy (non-hydrogen) atoms. The molecule has 0 spiro atoms. The number of furan rings is 1. The summed E-state index contributed by atoms with van der Waals surface area (Å²) in [7, 11) is 0. The fourth-order valence-electron chi connectivity index (χ4n) is 0.400. The van der Waals surface area contributed by atoms with E-state index in [4.69, 9.17) is 10.2 Å². The van der Waals surface area contributed by atoms with Crippen LogP contribution in [-0.2, 0) is 0 Å². The molecule has 4 nitrogen and oxygen atoms in total. The van der Waals surface area contributed by atoms with Crippen molar-refractivity contribution in [2.24, 2.45) is 0 Å². The van der Waals surface area contributed by atoms with Gasteiger partial charge >= 0.3 is 5.97 Å². The zero-order valence-corrected chi connectivity index (χ0v) is 6.15. The standard InChI is InChI=1S/C5H4O3.C2H6O/c6-5(7)4-2-1-3-8-4;1-2-3/h1-3H,(H,6,7);3H,2H2,1H3. The van der Waals surface area contributed by atoms with E-state index in [0.29, 0.717) is 0 Å². The third kappa shape index (κ3) is 4.16. The van der Waals surface area contributed by atoms with Gasteiger partial charge in [-0.05, 0) is 19.1 Å². The van der Waals surface area contributed by atoms with Crippen molar-refractivity contribution >= 4 is 5.97 Å². The average Bonchev–Trinajstić information content (AvgIpc) is 2.38. The van der Waals surface area contributed by atoms with E-state index in [0.717, 1.165) is 0 Å². The van der Waals surface area contributed by atoms with Crippen LogP contribution < -0.4 is 0 Å². The summed E-state index contributed by atoms with van der Waals surface area (Å²) >= 11 is 0. The molecule has 0 aliphatic carbocycles. The summed E-state index contributed by atoms with van der Waals surface area (Å²) in [6, 6.07) is 2.92. The molecule has 1 aromatic heterocycles. The third-order valence-electron chi connectivity index (χ3n) is 0.732.